The van der Waals surface area contributed by atoms with Crippen molar-refractivity contribution in [1.82, 2.24) is 0 Å². The summed E-state index contributed by atoms with van der Waals surface area (Å²) < 4.78 is 0. The zero-order valence-electron chi connectivity index (χ0n) is 12.6. The Hall–Kier alpha value is -1.37. The number of nitrogens with one attached hydrogen (secondary N) is 1. The lowest BCUT2D eigenvalue weighted by atomic mass is 9.90. The van der Waals surface area contributed by atoms with Gasteiger partial charge in [-0.1, -0.05) is 43.5 Å². The number of hydrogen-bond donors (Lipinski definition) is 1. The molecular weight excluding hydrogens is 230 g/mol. The smallest absolute Gasteiger partial charge is 0.0360 e. The molecule has 0 bridgehead atoms. The van der Waals surface area contributed by atoms with Gasteiger partial charge in [-0.3, -0.25) is 0 Å². The Kier molecular flexibility index (Phi) is 6.55. The second kappa shape index (κ2) is 7.93. The molecule has 1 N–H and O–H groups in total. The monoisotopic (exact) mass is 257 g/mol. The van der Waals surface area contributed by atoms with E-state index in [1.165, 1.54) is 43.2 Å². The Morgan fingerprint density at radius 1 is 1.16 bits per heavy atom. The standard InChI is InChI=1S/C10H13N.C8H14/c1-7-5-4-6-8(2)10(7)9(3)11;1-2-8-6-4-3-5-7-8/h4-6,11H,1-3H3;2,8H,1,3-7H2. The van der Waals surface area contributed by atoms with Crippen LogP contribution in [0.25, 0.3) is 0 Å². The molecule has 1 saturated carbocycles. The first kappa shape index (κ1) is 15.7. The predicted molar refractivity (Wildman–Crippen MR) is 85.2 cm³/mol. The van der Waals surface area contributed by atoms with Crippen molar-refractivity contribution in [2.24, 2.45) is 5.92 Å². The summed E-state index contributed by atoms with van der Waals surface area (Å²) in [6, 6.07) is 6.11. The molecule has 104 valence electrons. The maximum Gasteiger partial charge on any atom is 0.0360 e. The zero-order chi connectivity index (χ0) is 14.3. The third kappa shape index (κ3) is 5.02. The van der Waals surface area contributed by atoms with Crippen LogP contribution in [0.2, 0.25) is 0 Å². The lowest BCUT2D eigenvalue weighted by molar-refractivity contribution is 0.420. The van der Waals surface area contributed by atoms with Gasteiger partial charge in [0.15, 0.2) is 0 Å². The summed E-state index contributed by atoms with van der Waals surface area (Å²) in [7, 11) is 0. The van der Waals surface area contributed by atoms with Crippen molar-refractivity contribution in [2.45, 2.75) is 52.9 Å². The summed E-state index contributed by atoms with van der Waals surface area (Å²) >= 11 is 0. The van der Waals surface area contributed by atoms with Crippen molar-refractivity contribution in [1.29, 1.82) is 5.41 Å². The van der Waals surface area contributed by atoms with Gasteiger partial charge in [0.25, 0.3) is 0 Å². The molecule has 1 aliphatic rings. The molecule has 0 atom stereocenters. The molecule has 0 spiro atoms. The van der Waals surface area contributed by atoms with Crippen molar-refractivity contribution in [3.05, 3.63) is 47.5 Å². The molecule has 0 aliphatic heterocycles. The third-order valence-electron chi connectivity index (χ3n) is 3.84. The van der Waals surface area contributed by atoms with Crippen molar-refractivity contribution in [3.63, 3.8) is 0 Å². The SMILES string of the molecule is C=CC1CCCCC1.CC(=N)c1c(C)cccc1C. The molecule has 0 radical (unpaired) electrons. The molecule has 0 saturated heterocycles. The van der Waals surface area contributed by atoms with Gasteiger partial charge < -0.3 is 5.41 Å². The fourth-order valence-corrected chi connectivity index (χ4v) is 2.78. The Balaban J connectivity index is 0.000000200. The van der Waals surface area contributed by atoms with E-state index in [0.29, 0.717) is 5.71 Å². The summed E-state index contributed by atoms with van der Waals surface area (Å²) in [5.74, 6) is 0.851. The molecule has 1 heteroatoms. The fourth-order valence-electron chi connectivity index (χ4n) is 2.78. The Morgan fingerprint density at radius 2 is 1.68 bits per heavy atom. The molecule has 1 aliphatic carbocycles. The van der Waals surface area contributed by atoms with Crippen LogP contribution in [-0.2, 0) is 0 Å². The Bertz CT molecular complexity index is 405. The molecule has 0 unspecified atom stereocenters. The van der Waals surface area contributed by atoms with Gasteiger partial charge in [0.1, 0.15) is 0 Å². The van der Waals surface area contributed by atoms with Crippen molar-refractivity contribution in [3.8, 4) is 0 Å². The molecule has 0 amide bonds. The first-order valence-corrected chi connectivity index (χ1v) is 7.30. The summed E-state index contributed by atoms with van der Waals surface area (Å²) in [4.78, 5) is 0. The molecule has 2 rings (SSSR count). The van der Waals surface area contributed by atoms with Crippen LogP contribution >= 0.6 is 0 Å². The highest BCUT2D eigenvalue weighted by Crippen LogP contribution is 2.23. The molecule has 0 aromatic heterocycles. The quantitative estimate of drug-likeness (QED) is 0.538. The fraction of sp³-hybridized carbons (Fsp3) is 0.500. The van der Waals surface area contributed by atoms with E-state index < -0.39 is 0 Å². The first-order valence-electron chi connectivity index (χ1n) is 7.30. The van der Waals surface area contributed by atoms with Crippen LogP contribution in [0.1, 0.15) is 55.7 Å². The van der Waals surface area contributed by atoms with Gasteiger partial charge in [-0.2, -0.15) is 0 Å². The third-order valence-corrected chi connectivity index (χ3v) is 3.84. The maximum absolute atomic E-state index is 7.52. The van der Waals surface area contributed by atoms with Crippen LogP contribution in [0.3, 0.4) is 0 Å². The van der Waals surface area contributed by atoms with E-state index in [9.17, 15) is 0 Å². The second-order valence-corrected chi connectivity index (χ2v) is 5.53. The zero-order valence-corrected chi connectivity index (χ0v) is 12.6. The largest absolute Gasteiger partial charge is 0.305 e. The predicted octanol–water partition coefficient (Wildman–Crippen LogP) is 5.44. The van der Waals surface area contributed by atoms with E-state index >= 15 is 0 Å². The van der Waals surface area contributed by atoms with Crippen LogP contribution in [0.5, 0.6) is 0 Å². The van der Waals surface area contributed by atoms with Crippen LogP contribution in [0.4, 0.5) is 0 Å². The van der Waals surface area contributed by atoms with Gasteiger partial charge in [-0.05, 0) is 50.7 Å². The lowest BCUT2D eigenvalue weighted by Crippen LogP contribution is -2.01. The highest BCUT2D eigenvalue weighted by Gasteiger charge is 2.08. The second-order valence-electron chi connectivity index (χ2n) is 5.53. The topological polar surface area (TPSA) is 23.9 Å². The summed E-state index contributed by atoms with van der Waals surface area (Å²) in [6.45, 7) is 9.70. The average molecular weight is 257 g/mol. The van der Waals surface area contributed by atoms with E-state index in [2.05, 4.69) is 12.7 Å². The average Bonchev–Trinajstić information content (AvgIpc) is 2.40. The molecule has 1 aromatic carbocycles. The highest BCUT2D eigenvalue weighted by molar-refractivity contribution is 5.98. The number of benzene rings is 1. The number of hydrogen-bond acceptors (Lipinski definition) is 1. The van der Waals surface area contributed by atoms with E-state index in [1.807, 2.05) is 39.0 Å². The minimum absolute atomic E-state index is 0.653. The summed E-state index contributed by atoms with van der Waals surface area (Å²) in [5, 5.41) is 7.52. The Morgan fingerprint density at radius 3 is 2.00 bits per heavy atom. The lowest BCUT2D eigenvalue weighted by Gasteiger charge is -2.16. The number of allylic oxidation sites excluding steroid dienone is 1. The first-order chi connectivity index (χ1) is 9.06. The van der Waals surface area contributed by atoms with Crippen LogP contribution in [-0.4, -0.2) is 5.71 Å². The van der Waals surface area contributed by atoms with Gasteiger partial charge >= 0.3 is 0 Å². The van der Waals surface area contributed by atoms with Crippen LogP contribution in [0, 0.1) is 25.2 Å². The molecule has 1 nitrogen and oxygen atoms in total. The molecule has 1 fully saturated rings. The summed E-state index contributed by atoms with van der Waals surface area (Å²) in [6.07, 6.45) is 9.20. The molecular formula is C18H27N. The van der Waals surface area contributed by atoms with Crippen LogP contribution in [0.15, 0.2) is 30.9 Å². The van der Waals surface area contributed by atoms with E-state index in [0.717, 1.165) is 11.5 Å². The minimum atomic E-state index is 0.653. The van der Waals surface area contributed by atoms with Gasteiger partial charge in [0.2, 0.25) is 0 Å². The van der Waals surface area contributed by atoms with Crippen LogP contribution < -0.4 is 0 Å². The van der Waals surface area contributed by atoms with Crippen molar-refractivity contribution in [2.75, 3.05) is 0 Å². The van der Waals surface area contributed by atoms with Gasteiger partial charge in [0.05, 0.1) is 0 Å². The number of aryl methyl sites for hydroxylation is 2. The number of rotatable bonds is 2. The van der Waals surface area contributed by atoms with Gasteiger partial charge in [0, 0.05) is 11.3 Å². The van der Waals surface area contributed by atoms with E-state index in [1.54, 1.807) is 0 Å². The molecule has 19 heavy (non-hydrogen) atoms. The maximum atomic E-state index is 7.52. The van der Waals surface area contributed by atoms with Crippen molar-refractivity contribution < 1.29 is 0 Å². The van der Waals surface area contributed by atoms with E-state index in [4.69, 9.17) is 5.41 Å². The van der Waals surface area contributed by atoms with Crippen molar-refractivity contribution >= 4 is 5.71 Å². The minimum Gasteiger partial charge on any atom is -0.305 e. The normalized spacial score (nSPS) is 15.3. The highest BCUT2D eigenvalue weighted by atomic mass is 14.4. The van der Waals surface area contributed by atoms with E-state index in [-0.39, 0.29) is 0 Å². The van der Waals surface area contributed by atoms with Gasteiger partial charge in [-0.25, -0.2) is 0 Å². The molecule has 0 heterocycles. The van der Waals surface area contributed by atoms with Gasteiger partial charge in [-0.15, -0.1) is 6.58 Å². The molecule has 1 aromatic rings. The Labute approximate surface area is 118 Å². The summed E-state index contributed by atoms with van der Waals surface area (Å²) in [5.41, 5.74) is 4.13.